The number of para-hydroxylation sites is 1. The lowest BCUT2D eigenvalue weighted by molar-refractivity contribution is 0.0526. The summed E-state index contributed by atoms with van der Waals surface area (Å²) in [5, 5.41) is 0.807. The number of rotatable bonds is 3. The van der Waals surface area contributed by atoms with Crippen molar-refractivity contribution in [2.24, 2.45) is 0 Å². The number of benzene rings is 1. The van der Waals surface area contributed by atoms with E-state index < -0.39 is 5.97 Å². The number of ether oxygens (including phenoxy) is 2. The number of fused-ring (bicyclic) bond motifs is 1. The van der Waals surface area contributed by atoms with E-state index in [-0.39, 0.29) is 22.3 Å². The molecule has 2 rings (SSSR count). The average molecular weight is 300 g/mol. The molecule has 0 saturated carbocycles. The van der Waals surface area contributed by atoms with Gasteiger partial charge in [0, 0.05) is 5.39 Å². The summed E-state index contributed by atoms with van der Waals surface area (Å²) < 4.78 is 10.1. The van der Waals surface area contributed by atoms with E-state index in [1.54, 1.807) is 25.1 Å². The van der Waals surface area contributed by atoms with Crippen LogP contribution in [-0.4, -0.2) is 24.7 Å². The third kappa shape index (κ3) is 2.46. The fourth-order valence-corrected chi connectivity index (χ4v) is 2.36. The molecular weight excluding hydrogens is 289 g/mol. The van der Waals surface area contributed by atoms with Crippen LogP contribution < -0.4 is 4.74 Å². The maximum Gasteiger partial charge on any atom is 0.342 e. The first-order chi connectivity index (χ1) is 9.10. The van der Waals surface area contributed by atoms with E-state index in [2.05, 4.69) is 4.98 Å². The summed E-state index contributed by atoms with van der Waals surface area (Å²) in [7, 11) is 1.53. The first kappa shape index (κ1) is 13.9. The van der Waals surface area contributed by atoms with Crippen molar-refractivity contribution in [3.05, 3.63) is 33.9 Å². The highest BCUT2D eigenvalue weighted by atomic mass is 35.5. The molecule has 0 aliphatic heterocycles. The van der Waals surface area contributed by atoms with Gasteiger partial charge in [0.2, 0.25) is 0 Å². The Labute approximate surface area is 120 Å². The van der Waals surface area contributed by atoms with Crippen molar-refractivity contribution in [1.82, 2.24) is 4.98 Å². The Balaban J connectivity index is 2.73. The number of methoxy groups -OCH3 is 1. The molecule has 4 nitrogen and oxygen atoms in total. The van der Waals surface area contributed by atoms with Crippen molar-refractivity contribution in [3.8, 4) is 5.75 Å². The second-order valence-corrected chi connectivity index (χ2v) is 4.40. The van der Waals surface area contributed by atoms with Crippen LogP contribution in [0.15, 0.2) is 18.2 Å². The van der Waals surface area contributed by atoms with Gasteiger partial charge in [0.25, 0.3) is 0 Å². The van der Waals surface area contributed by atoms with E-state index in [9.17, 15) is 4.79 Å². The lowest BCUT2D eigenvalue weighted by Gasteiger charge is -2.10. The fourth-order valence-electron chi connectivity index (χ4n) is 1.74. The van der Waals surface area contributed by atoms with E-state index in [0.717, 1.165) is 0 Å². The Kier molecular flexibility index (Phi) is 4.12. The molecule has 2 aromatic rings. The Morgan fingerprint density at radius 2 is 2.11 bits per heavy atom. The van der Waals surface area contributed by atoms with Gasteiger partial charge in [-0.2, -0.15) is 0 Å². The number of hydrogen-bond donors (Lipinski definition) is 0. The zero-order valence-electron chi connectivity index (χ0n) is 10.4. The monoisotopic (exact) mass is 299 g/mol. The summed E-state index contributed by atoms with van der Waals surface area (Å²) in [5.74, 6) is -0.0496. The van der Waals surface area contributed by atoms with Gasteiger partial charge in [-0.1, -0.05) is 35.3 Å². The molecule has 0 spiro atoms. The van der Waals surface area contributed by atoms with Crippen molar-refractivity contribution in [2.75, 3.05) is 13.7 Å². The zero-order valence-corrected chi connectivity index (χ0v) is 11.9. The zero-order chi connectivity index (χ0) is 14.0. The van der Waals surface area contributed by atoms with Crippen LogP contribution in [-0.2, 0) is 4.74 Å². The summed E-state index contributed by atoms with van der Waals surface area (Å²) in [5.41, 5.74) is 0.582. The van der Waals surface area contributed by atoms with E-state index in [0.29, 0.717) is 16.7 Å². The Bertz CT molecular complexity index is 643. The molecule has 0 atom stereocenters. The predicted molar refractivity (Wildman–Crippen MR) is 74.3 cm³/mol. The quantitative estimate of drug-likeness (QED) is 0.640. The normalized spacial score (nSPS) is 10.5. The van der Waals surface area contributed by atoms with Gasteiger partial charge >= 0.3 is 5.97 Å². The molecule has 6 heteroatoms. The van der Waals surface area contributed by atoms with Gasteiger partial charge in [-0.15, -0.1) is 0 Å². The van der Waals surface area contributed by atoms with E-state index in [1.165, 1.54) is 7.11 Å². The SMILES string of the molecule is CCOC(=O)c1c(Cl)nc2c(OC)cccc2c1Cl. The summed E-state index contributed by atoms with van der Waals surface area (Å²) in [6, 6.07) is 5.25. The molecular formula is C13H11Cl2NO3. The van der Waals surface area contributed by atoms with Crippen molar-refractivity contribution >= 4 is 40.1 Å². The predicted octanol–water partition coefficient (Wildman–Crippen LogP) is 3.73. The fraction of sp³-hybridized carbons (Fsp3) is 0.231. The standard InChI is InChI=1S/C13H11Cl2NO3/c1-3-19-13(17)9-10(14)7-5-4-6-8(18-2)11(7)16-12(9)15/h4-6H,3H2,1-2H3. The van der Waals surface area contributed by atoms with Crippen molar-refractivity contribution in [3.63, 3.8) is 0 Å². The Morgan fingerprint density at radius 1 is 1.37 bits per heavy atom. The van der Waals surface area contributed by atoms with Gasteiger partial charge in [0.15, 0.2) is 0 Å². The number of carbonyl (C=O) groups excluding carboxylic acids is 1. The molecule has 0 fully saturated rings. The Hall–Kier alpha value is -1.52. The molecule has 0 unspecified atom stereocenters. The van der Waals surface area contributed by atoms with Gasteiger partial charge < -0.3 is 9.47 Å². The van der Waals surface area contributed by atoms with Crippen molar-refractivity contribution in [2.45, 2.75) is 6.92 Å². The highest BCUT2D eigenvalue weighted by Gasteiger charge is 2.21. The number of hydrogen-bond acceptors (Lipinski definition) is 4. The van der Waals surface area contributed by atoms with Gasteiger partial charge in [-0.25, -0.2) is 9.78 Å². The van der Waals surface area contributed by atoms with Crippen molar-refractivity contribution < 1.29 is 14.3 Å². The van der Waals surface area contributed by atoms with Crippen LogP contribution >= 0.6 is 23.2 Å². The van der Waals surface area contributed by atoms with E-state index >= 15 is 0 Å². The minimum atomic E-state index is -0.588. The molecule has 0 amide bonds. The lowest BCUT2D eigenvalue weighted by atomic mass is 10.1. The third-order valence-corrected chi connectivity index (χ3v) is 3.24. The van der Waals surface area contributed by atoms with Crippen LogP contribution in [0.1, 0.15) is 17.3 Å². The van der Waals surface area contributed by atoms with Gasteiger partial charge in [-0.3, -0.25) is 0 Å². The summed E-state index contributed by atoms with van der Waals surface area (Å²) in [4.78, 5) is 16.0. The molecule has 1 aromatic heterocycles. The molecule has 100 valence electrons. The smallest absolute Gasteiger partial charge is 0.342 e. The molecule has 1 heterocycles. The number of pyridine rings is 1. The molecule has 0 saturated heterocycles. The third-order valence-electron chi connectivity index (χ3n) is 2.57. The van der Waals surface area contributed by atoms with Crippen LogP contribution in [0.25, 0.3) is 10.9 Å². The first-order valence-corrected chi connectivity index (χ1v) is 6.34. The van der Waals surface area contributed by atoms with E-state index in [1.807, 2.05) is 0 Å². The van der Waals surface area contributed by atoms with Crippen LogP contribution in [0, 0.1) is 0 Å². The number of esters is 1. The van der Waals surface area contributed by atoms with Gasteiger partial charge in [0.05, 0.1) is 18.7 Å². The second kappa shape index (κ2) is 5.63. The van der Waals surface area contributed by atoms with Crippen LogP contribution in [0.5, 0.6) is 5.75 Å². The van der Waals surface area contributed by atoms with Crippen molar-refractivity contribution in [1.29, 1.82) is 0 Å². The van der Waals surface area contributed by atoms with Gasteiger partial charge in [0.1, 0.15) is 22.0 Å². The molecule has 0 N–H and O–H groups in total. The Morgan fingerprint density at radius 3 is 2.74 bits per heavy atom. The first-order valence-electron chi connectivity index (χ1n) is 5.59. The maximum absolute atomic E-state index is 11.8. The minimum Gasteiger partial charge on any atom is -0.494 e. The summed E-state index contributed by atoms with van der Waals surface area (Å²) >= 11 is 12.2. The second-order valence-electron chi connectivity index (χ2n) is 3.67. The topological polar surface area (TPSA) is 48.4 Å². The highest BCUT2D eigenvalue weighted by Crippen LogP contribution is 2.35. The number of aromatic nitrogens is 1. The van der Waals surface area contributed by atoms with Crippen LogP contribution in [0.4, 0.5) is 0 Å². The molecule has 0 radical (unpaired) electrons. The molecule has 19 heavy (non-hydrogen) atoms. The molecule has 0 aliphatic carbocycles. The number of halogens is 2. The van der Waals surface area contributed by atoms with E-state index in [4.69, 9.17) is 32.7 Å². The molecule has 0 aliphatic rings. The molecule has 0 bridgehead atoms. The van der Waals surface area contributed by atoms with Crippen LogP contribution in [0.3, 0.4) is 0 Å². The summed E-state index contributed by atoms with van der Waals surface area (Å²) in [6.45, 7) is 1.94. The molecule has 1 aromatic carbocycles. The largest absolute Gasteiger partial charge is 0.494 e. The number of carbonyl (C=O) groups is 1. The highest BCUT2D eigenvalue weighted by molar-refractivity contribution is 6.42. The van der Waals surface area contributed by atoms with Crippen LogP contribution in [0.2, 0.25) is 10.2 Å². The summed E-state index contributed by atoms with van der Waals surface area (Å²) in [6.07, 6.45) is 0. The maximum atomic E-state index is 11.8. The number of nitrogens with zero attached hydrogens (tertiary/aromatic N) is 1. The average Bonchev–Trinajstić information content (AvgIpc) is 2.38. The van der Waals surface area contributed by atoms with Gasteiger partial charge in [-0.05, 0) is 13.0 Å². The minimum absolute atomic E-state index is 0.000417. The lowest BCUT2D eigenvalue weighted by Crippen LogP contribution is -2.08.